The number of hydrogen-bond donors (Lipinski definition) is 1. The SMILES string of the molecule is CC(C)(C)C1=NC2=C(C1)C(=O)C(O)C=C2. The molecule has 1 N–H and O–H groups in total. The Morgan fingerprint density at radius 2 is 2.13 bits per heavy atom. The molecule has 0 spiro atoms. The van der Waals surface area contributed by atoms with Gasteiger partial charge in [-0.25, -0.2) is 0 Å². The van der Waals surface area contributed by atoms with E-state index in [-0.39, 0.29) is 11.2 Å². The fraction of sp³-hybridized carbons (Fsp3) is 0.500. The minimum Gasteiger partial charge on any atom is -0.381 e. The summed E-state index contributed by atoms with van der Waals surface area (Å²) < 4.78 is 0. The van der Waals surface area contributed by atoms with Gasteiger partial charge in [0.15, 0.2) is 5.78 Å². The largest absolute Gasteiger partial charge is 0.381 e. The number of nitrogens with zero attached hydrogens (tertiary/aromatic N) is 1. The monoisotopic (exact) mass is 205 g/mol. The zero-order chi connectivity index (χ0) is 11.2. The zero-order valence-corrected chi connectivity index (χ0v) is 9.24. The third-order valence-corrected chi connectivity index (χ3v) is 2.78. The number of carbonyl (C=O) groups excluding carboxylic acids is 1. The molecule has 2 rings (SSSR count). The Kier molecular flexibility index (Phi) is 2.15. The van der Waals surface area contributed by atoms with Gasteiger partial charge in [-0.1, -0.05) is 20.8 Å². The number of ketones is 1. The summed E-state index contributed by atoms with van der Waals surface area (Å²) in [5.41, 5.74) is 2.39. The van der Waals surface area contributed by atoms with Crippen LogP contribution in [0.2, 0.25) is 0 Å². The number of hydrogen-bond acceptors (Lipinski definition) is 3. The average molecular weight is 205 g/mol. The topological polar surface area (TPSA) is 49.7 Å². The molecule has 1 aliphatic carbocycles. The standard InChI is InChI=1S/C12H15NO2/c1-12(2,3)10-6-7-8(13-10)4-5-9(14)11(7)15/h4-5,9,14H,6H2,1-3H3. The molecule has 1 atom stereocenters. The third-order valence-electron chi connectivity index (χ3n) is 2.78. The lowest BCUT2D eigenvalue weighted by molar-refractivity contribution is -0.121. The van der Waals surface area contributed by atoms with E-state index in [4.69, 9.17) is 0 Å². The Bertz CT molecular complexity index is 408. The van der Waals surface area contributed by atoms with Crippen molar-refractivity contribution in [3.05, 3.63) is 23.4 Å². The number of Topliss-reactive ketones (excluding diaryl/α,β-unsaturated/α-hetero) is 1. The molecule has 3 nitrogen and oxygen atoms in total. The van der Waals surface area contributed by atoms with Crippen LogP contribution < -0.4 is 0 Å². The molecule has 3 heteroatoms. The second kappa shape index (κ2) is 3.14. The van der Waals surface area contributed by atoms with E-state index < -0.39 is 6.10 Å². The van der Waals surface area contributed by atoms with E-state index in [1.54, 1.807) is 6.08 Å². The van der Waals surface area contributed by atoms with Gasteiger partial charge in [-0.3, -0.25) is 9.79 Å². The Balaban J connectivity index is 2.30. The summed E-state index contributed by atoms with van der Waals surface area (Å²) in [5, 5.41) is 9.39. The molecule has 0 aromatic carbocycles. The first-order chi connectivity index (χ1) is 6.89. The molecule has 0 fully saturated rings. The highest BCUT2D eigenvalue weighted by Crippen LogP contribution is 2.33. The molecule has 2 aliphatic rings. The van der Waals surface area contributed by atoms with Crippen LogP contribution in [-0.2, 0) is 4.79 Å². The molecule has 0 amide bonds. The molecule has 1 heterocycles. The van der Waals surface area contributed by atoms with Gasteiger partial charge in [0, 0.05) is 23.1 Å². The van der Waals surface area contributed by atoms with Crippen molar-refractivity contribution in [2.75, 3.05) is 0 Å². The van der Waals surface area contributed by atoms with Crippen LogP contribution in [-0.4, -0.2) is 22.7 Å². The summed E-state index contributed by atoms with van der Waals surface area (Å²) in [7, 11) is 0. The number of carbonyl (C=O) groups is 1. The number of rotatable bonds is 0. The maximum Gasteiger partial charge on any atom is 0.193 e. The van der Waals surface area contributed by atoms with Gasteiger partial charge >= 0.3 is 0 Å². The van der Waals surface area contributed by atoms with E-state index in [1.807, 2.05) is 0 Å². The fourth-order valence-electron chi connectivity index (χ4n) is 1.74. The smallest absolute Gasteiger partial charge is 0.193 e. The van der Waals surface area contributed by atoms with Crippen molar-refractivity contribution in [3.8, 4) is 0 Å². The number of aliphatic hydroxyl groups excluding tert-OH is 1. The van der Waals surface area contributed by atoms with Crippen LogP contribution in [0.25, 0.3) is 0 Å². The number of aliphatic imine (C=N–C) groups is 1. The van der Waals surface area contributed by atoms with Gasteiger partial charge < -0.3 is 5.11 Å². The molecule has 1 unspecified atom stereocenters. The lowest BCUT2D eigenvalue weighted by atomic mass is 9.85. The first-order valence-corrected chi connectivity index (χ1v) is 5.11. The second-order valence-corrected chi connectivity index (χ2v) is 5.02. The van der Waals surface area contributed by atoms with E-state index in [0.717, 1.165) is 11.4 Å². The van der Waals surface area contributed by atoms with Crippen LogP contribution in [0.5, 0.6) is 0 Å². The Hall–Kier alpha value is -1.22. The van der Waals surface area contributed by atoms with E-state index >= 15 is 0 Å². The molecule has 1 aliphatic heterocycles. The minimum absolute atomic E-state index is 0.0174. The summed E-state index contributed by atoms with van der Waals surface area (Å²) in [5.74, 6) is -0.199. The van der Waals surface area contributed by atoms with Crippen molar-refractivity contribution < 1.29 is 9.90 Å². The van der Waals surface area contributed by atoms with Crippen molar-refractivity contribution in [1.82, 2.24) is 0 Å². The summed E-state index contributed by atoms with van der Waals surface area (Å²) >= 11 is 0. The predicted molar refractivity (Wildman–Crippen MR) is 58.7 cm³/mol. The number of allylic oxidation sites excluding steroid dienone is 1. The molecule has 0 aromatic rings. The summed E-state index contributed by atoms with van der Waals surface area (Å²) in [6, 6.07) is 0. The van der Waals surface area contributed by atoms with Gasteiger partial charge in [0.2, 0.25) is 0 Å². The van der Waals surface area contributed by atoms with Crippen LogP contribution in [0.4, 0.5) is 0 Å². The zero-order valence-electron chi connectivity index (χ0n) is 9.24. The first-order valence-electron chi connectivity index (χ1n) is 5.11. The van der Waals surface area contributed by atoms with Crippen LogP contribution in [0.3, 0.4) is 0 Å². The summed E-state index contributed by atoms with van der Waals surface area (Å²) in [6.07, 6.45) is 2.84. The third kappa shape index (κ3) is 1.67. The van der Waals surface area contributed by atoms with Crippen molar-refractivity contribution in [2.45, 2.75) is 33.3 Å². The Morgan fingerprint density at radius 3 is 2.73 bits per heavy atom. The lowest BCUT2D eigenvalue weighted by Gasteiger charge is -2.18. The van der Waals surface area contributed by atoms with Crippen LogP contribution in [0.1, 0.15) is 27.2 Å². The predicted octanol–water partition coefficient (Wildman–Crippen LogP) is 1.63. The quantitative estimate of drug-likeness (QED) is 0.653. The summed E-state index contributed by atoms with van der Waals surface area (Å²) in [4.78, 5) is 16.1. The van der Waals surface area contributed by atoms with Gasteiger partial charge in [-0.15, -0.1) is 0 Å². The van der Waals surface area contributed by atoms with Gasteiger partial charge in [0.1, 0.15) is 6.10 Å². The van der Waals surface area contributed by atoms with E-state index in [0.29, 0.717) is 12.0 Å². The number of aliphatic hydroxyl groups is 1. The Labute approximate surface area is 89.2 Å². The minimum atomic E-state index is -0.974. The van der Waals surface area contributed by atoms with Crippen molar-refractivity contribution >= 4 is 11.5 Å². The average Bonchev–Trinajstić information content (AvgIpc) is 2.55. The van der Waals surface area contributed by atoms with Crippen molar-refractivity contribution in [3.63, 3.8) is 0 Å². The first kappa shape index (κ1) is 10.3. The van der Waals surface area contributed by atoms with Gasteiger partial charge in [0.25, 0.3) is 0 Å². The normalized spacial score (nSPS) is 25.7. The Morgan fingerprint density at radius 1 is 1.47 bits per heavy atom. The molecule has 0 saturated carbocycles. The fourth-order valence-corrected chi connectivity index (χ4v) is 1.74. The molecule has 15 heavy (non-hydrogen) atoms. The van der Waals surface area contributed by atoms with Crippen molar-refractivity contribution in [1.29, 1.82) is 0 Å². The molecule has 0 saturated heterocycles. The highest BCUT2D eigenvalue weighted by atomic mass is 16.3. The molecular formula is C12H15NO2. The van der Waals surface area contributed by atoms with Crippen molar-refractivity contribution in [2.24, 2.45) is 10.4 Å². The van der Waals surface area contributed by atoms with Gasteiger partial charge in [-0.2, -0.15) is 0 Å². The second-order valence-electron chi connectivity index (χ2n) is 5.02. The molecule has 0 bridgehead atoms. The van der Waals surface area contributed by atoms with Crippen LogP contribution >= 0.6 is 0 Å². The maximum absolute atomic E-state index is 11.6. The highest BCUT2D eigenvalue weighted by molar-refractivity contribution is 6.10. The van der Waals surface area contributed by atoms with E-state index in [9.17, 15) is 9.90 Å². The van der Waals surface area contributed by atoms with Gasteiger partial charge in [-0.05, 0) is 12.2 Å². The summed E-state index contributed by atoms with van der Waals surface area (Å²) in [6.45, 7) is 6.23. The molecule has 80 valence electrons. The van der Waals surface area contributed by atoms with Crippen LogP contribution in [0.15, 0.2) is 28.4 Å². The molecular weight excluding hydrogens is 190 g/mol. The molecule has 0 aromatic heterocycles. The van der Waals surface area contributed by atoms with E-state index in [1.165, 1.54) is 6.08 Å². The highest BCUT2D eigenvalue weighted by Gasteiger charge is 2.32. The van der Waals surface area contributed by atoms with E-state index in [2.05, 4.69) is 25.8 Å². The van der Waals surface area contributed by atoms with Gasteiger partial charge in [0.05, 0.1) is 5.70 Å². The maximum atomic E-state index is 11.6. The van der Waals surface area contributed by atoms with Crippen LogP contribution in [0, 0.1) is 5.41 Å². The molecule has 0 radical (unpaired) electrons. The lowest BCUT2D eigenvalue weighted by Crippen LogP contribution is -2.24.